The van der Waals surface area contributed by atoms with Gasteiger partial charge in [-0.25, -0.2) is 4.79 Å². The second kappa shape index (κ2) is 4.56. The molecule has 0 unspecified atom stereocenters. The zero-order valence-corrected chi connectivity index (χ0v) is 10.4. The highest BCUT2D eigenvalue weighted by Gasteiger charge is 2.16. The van der Waals surface area contributed by atoms with Crippen LogP contribution in [0.2, 0.25) is 0 Å². The molecule has 1 aromatic carbocycles. The topological polar surface area (TPSA) is 92.4 Å². The van der Waals surface area contributed by atoms with E-state index in [1.807, 2.05) is 19.1 Å². The van der Waals surface area contributed by atoms with E-state index in [1.165, 1.54) is 0 Å². The standard InChI is InChI=1S/C13H12N2O4/c1-7-3-4-8(2)9(5-7)15-11(17)6-10(16)12(14-15)13(18)19/h3-6,16H,1-2H3,(H,18,19). The highest BCUT2D eigenvalue weighted by molar-refractivity contribution is 5.88. The third-order valence-electron chi connectivity index (χ3n) is 2.71. The number of carboxylic acid groups (broad SMARTS) is 1. The van der Waals surface area contributed by atoms with Crippen molar-refractivity contribution in [2.24, 2.45) is 0 Å². The second-order valence-corrected chi connectivity index (χ2v) is 4.22. The fraction of sp³-hybridized carbons (Fsp3) is 0.154. The van der Waals surface area contributed by atoms with Crippen molar-refractivity contribution in [1.82, 2.24) is 9.78 Å². The summed E-state index contributed by atoms with van der Waals surface area (Å²) in [4.78, 5) is 22.8. The monoisotopic (exact) mass is 260 g/mol. The van der Waals surface area contributed by atoms with Crippen molar-refractivity contribution in [1.29, 1.82) is 0 Å². The lowest BCUT2D eigenvalue weighted by Crippen LogP contribution is -2.23. The Bertz CT molecular complexity index is 719. The molecule has 0 saturated carbocycles. The van der Waals surface area contributed by atoms with Gasteiger partial charge in [-0.2, -0.15) is 9.78 Å². The zero-order valence-electron chi connectivity index (χ0n) is 10.4. The van der Waals surface area contributed by atoms with Crippen LogP contribution in [0.3, 0.4) is 0 Å². The van der Waals surface area contributed by atoms with Gasteiger partial charge in [-0.3, -0.25) is 4.79 Å². The van der Waals surface area contributed by atoms with Gasteiger partial charge in [0.05, 0.1) is 5.69 Å². The van der Waals surface area contributed by atoms with Crippen molar-refractivity contribution in [2.45, 2.75) is 13.8 Å². The maximum atomic E-state index is 11.8. The summed E-state index contributed by atoms with van der Waals surface area (Å²) >= 11 is 0. The number of aromatic carboxylic acids is 1. The molecule has 2 aromatic rings. The van der Waals surface area contributed by atoms with Gasteiger partial charge >= 0.3 is 5.97 Å². The Labute approximate surface area is 108 Å². The van der Waals surface area contributed by atoms with Gasteiger partial charge in [0, 0.05) is 6.07 Å². The summed E-state index contributed by atoms with van der Waals surface area (Å²) in [7, 11) is 0. The molecule has 6 nitrogen and oxygen atoms in total. The third-order valence-corrected chi connectivity index (χ3v) is 2.71. The molecular weight excluding hydrogens is 248 g/mol. The van der Waals surface area contributed by atoms with E-state index in [2.05, 4.69) is 5.10 Å². The van der Waals surface area contributed by atoms with Crippen LogP contribution in [0, 0.1) is 13.8 Å². The molecule has 0 aliphatic carbocycles. The van der Waals surface area contributed by atoms with Crippen LogP contribution in [0.1, 0.15) is 21.6 Å². The van der Waals surface area contributed by atoms with Crippen LogP contribution in [0.15, 0.2) is 29.1 Å². The van der Waals surface area contributed by atoms with Gasteiger partial charge in [-0.05, 0) is 31.0 Å². The van der Waals surface area contributed by atoms with Crippen LogP contribution in [-0.2, 0) is 0 Å². The van der Waals surface area contributed by atoms with Crippen molar-refractivity contribution >= 4 is 5.97 Å². The van der Waals surface area contributed by atoms with Crippen molar-refractivity contribution < 1.29 is 15.0 Å². The number of carbonyl (C=O) groups is 1. The maximum Gasteiger partial charge on any atom is 0.360 e. The lowest BCUT2D eigenvalue weighted by Gasteiger charge is -2.10. The van der Waals surface area contributed by atoms with E-state index in [0.717, 1.165) is 21.9 Å². The first kappa shape index (κ1) is 12.8. The van der Waals surface area contributed by atoms with E-state index in [1.54, 1.807) is 13.0 Å². The summed E-state index contributed by atoms with van der Waals surface area (Å²) < 4.78 is 0.978. The average Bonchev–Trinajstić information content (AvgIpc) is 2.32. The van der Waals surface area contributed by atoms with Crippen LogP contribution >= 0.6 is 0 Å². The average molecular weight is 260 g/mol. The minimum Gasteiger partial charge on any atom is -0.505 e. The summed E-state index contributed by atoms with van der Waals surface area (Å²) in [5.41, 5.74) is 1.05. The van der Waals surface area contributed by atoms with Crippen LogP contribution in [0.4, 0.5) is 0 Å². The highest BCUT2D eigenvalue weighted by atomic mass is 16.4. The van der Waals surface area contributed by atoms with Gasteiger partial charge in [0.15, 0.2) is 5.75 Å². The molecule has 19 heavy (non-hydrogen) atoms. The zero-order chi connectivity index (χ0) is 14.2. The molecule has 0 bridgehead atoms. The van der Waals surface area contributed by atoms with Crippen molar-refractivity contribution in [2.75, 3.05) is 0 Å². The Morgan fingerprint density at radius 3 is 2.58 bits per heavy atom. The summed E-state index contributed by atoms with van der Waals surface area (Å²) in [6.45, 7) is 3.64. The summed E-state index contributed by atoms with van der Waals surface area (Å²) in [5, 5.41) is 22.0. The normalized spacial score (nSPS) is 10.4. The molecule has 0 saturated heterocycles. The van der Waals surface area contributed by atoms with Gasteiger partial charge in [0.1, 0.15) is 0 Å². The smallest absolute Gasteiger partial charge is 0.360 e. The third kappa shape index (κ3) is 2.33. The molecule has 0 aliphatic heterocycles. The number of aryl methyl sites for hydroxylation is 2. The molecule has 2 N–H and O–H groups in total. The Kier molecular flexibility index (Phi) is 3.08. The van der Waals surface area contributed by atoms with Gasteiger partial charge in [-0.1, -0.05) is 12.1 Å². The minimum atomic E-state index is -1.39. The lowest BCUT2D eigenvalue weighted by atomic mass is 10.1. The van der Waals surface area contributed by atoms with E-state index in [0.29, 0.717) is 5.69 Å². The van der Waals surface area contributed by atoms with Gasteiger partial charge in [-0.15, -0.1) is 0 Å². The van der Waals surface area contributed by atoms with Crippen molar-refractivity contribution in [3.8, 4) is 11.4 Å². The molecule has 2 rings (SSSR count). The number of hydrogen-bond donors (Lipinski definition) is 2. The first-order chi connectivity index (χ1) is 8.90. The first-order valence-electron chi connectivity index (χ1n) is 5.54. The number of aromatic nitrogens is 2. The van der Waals surface area contributed by atoms with Crippen LogP contribution in [0.25, 0.3) is 5.69 Å². The SMILES string of the molecule is Cc1ccc(C)c(-n2nc(C(=O)O)c(O)cc2=O)c1. The van der Waals surface area contributed by atoms with E-state index in [-0.39, 0.29) is 0 Å². The largest absolute Gasteiger partial charge is 0.505 e. The van der Waals surface area contributed by atoms with Crippen LogP contribution in [0.5, 0.6) is 5.75 Å². The molecule has 0 fully saturated rings. The molecule has 6 heteroatoms. The predicted octanol–water partition coefficient (Wildman–Crippen LogP) is 1.25. The number of carboxylic acids is 1. The number of aromatic hydroxyl groups is 1. The van der Waals surface area contributed by atoms with Crippen LogP contribution in [-0.4, -0.2) is 26.0 Å². The Hall–Kier alpha value is -2.63. The lowest BCUT2D eigenvalue weighted by molar-refractivity contribution is 0.0684. The predicted molar refractivity (Wildman–Crippen MR) is 67.9 cm³/mol. The summed E-state index contributed by atoms with van der Waals surface area (Å²) in [5.74, 6) is -2.03. The molecule has 0 spiro atoms. The molecule has 0 atom stereocenters. The number of hydrogen-bond acceptors (Lipinski definition) is 4. The maximum absolute atomic E-state index is 11.8. The highest BCUT2D eigenvalue weighted by Crippen LogP contribution is 2.16. The molecule has 98 valence electrons. The fourth-order valence-corrected chi connectivity index (χ4v) is 1.72. The van der Waals surface area contributed by atoms with Gasteiger partial charge in [0.25, 0.3) is 5.56 Å². The van der Waals surface area contributed by atoms with Gasteiger partial charge in [0.2, 0.25) is 5.69 Å². The van der Waals surface area contributed by atoms with E-state index in [9.17, 15) is 14.7 Å². The quantitative estimate of drug-likeness (QED) is 0.847. The first-order valence-corrected chi connectivity index (χ1v) is 5.54. The Balaban J connectivity index is 2.75. The van der Waals surface area contributed by atoms with E-state index >= 15 is 0 Å². The summed E-state index contributed by atoms with van der Waals surface area (Å²) in [6, 6.07) is 6.26. The second-order valence-electron chi connectivity index (χ2n) is 4.22. The fourth-order valence-electron chi connectivity index (χ4n) is 1.72. The molecule has 0 radical (unpaired) electrons. The molecule has 0 aliphatic rings. The molecule has 1 heterocycles. The van der Waals surface area contributed by atoms with Crippen molar-refractivity contribution in [3.63, 3.8) is 0 Å². The van der Waals surface area contributed by atoms with E-state index < -0.39 is 23.0 Å². The molecule has 1 aromatic heterocycles. The number of nitrogens with zero attached hydrogens (tertiary/aromatic N) is 2. The number of benzene rings is 1. The number of rotatable bonds is 2. The van der Waals surface area contributed by atoms with E-state index in [4.69, 9.17) is 5.11 Å². The van der Waals surface area contributed by atoms with Crippen molar-refractivity contribution in [3.05, 3.63) is 51.4 Å². The van der Waals surface area contributed by atoms with Gasteiger partial charge < -0.3 is 10.2 Å². The molecular formula is C13H12N2O4. The van der Waals surface area contributed by atoms with Crippen LogP contribution < -0.4 is 5.56 Å². The Morgan fingerprint density at radius 2 is 1.95 bits per heavy atom. The molecule has 0 amide bonds. The minimum absolute atomic E-state index is 0.493. The summed E-state index contributed by atoms with van der Waals surface area (Å²) in [6.07, 6.45) is 0. The Morgan fingerprint density at radius 1 is 1.26 bits per heavy atom.